The van der Waals surface area contributed by atoms with Gasteiger partial charge in [0.1, 0.15) is 5.76 Å². The average Bonchev–Trinajstić information content (AvgIpc) is 2.70. The molecular weight excluding hydrogens is 218 g/mol. The smallest absolute Gasteiger partial charge is 0.105 e. The van der Waals surface area contributed by atoms with Gasteiger partial charge in [-0.05, 0) is 43.9 Å². The lowest BCUT2D eigenvalue weighted by Gasteiger charge is -2.19. The van der Waals surface area contributed by atoms with Crippen LogP contribution in [0.3, 0.4) is 0 Å². The molecule has 0 saturated heterocycles. The van der Waals surface area contributed by atoms with E-state index >= 15 is 0 Å². The Morgan fingerprint density at radius 2 is 2.19 bits per heavy atom. The topological polar surface area (TPSA) is 25.2 Å². The molecule has 3 heteroatoms. The Balaban J connectivity index is 2.15. The minimum Gasteiger partial charge on any atom is -0.469 e. The van der Waals surface area contributed by atoms with E-state index in [0.717, 1.165) is 12.2 Å². The number of rotatable bonds is 8. The number of hydrogen-bond acceptors (Lipinski definition) is 3. The second-order valence-electron chi connectivity index (χ2n) is 4.24. The Labute approximate surface area is 103 Å². The molecule has 0 aliphatic carbocycles. The summed E-state index contributed by atoms with van der Waals surface area (Å²) in [5.74, 6) is 3.53. The standard InChI is InChI=1S/C13H23NOS/c1-4-16-9-7-11(2)14-12(3)10-13-6-5-8-15-13/h5-6,8,11-12,14H,4,7,9-10H2,1-3H3. The highest BCUT2D eigenvalue weighted by atomic mass is 32.2. The van der Waals surface area contributed by atoms with E-state index in [2.05, 4.69) is 26.1 Å². The second kappa shape index (κ2) is 7.80. The summed E-state index contributed by atoms with van der Waals surface area (Å²) in [6, 6.07) is 5.05. The van der Waals surface area contributed by atoms with Crippen molar-refractivity contribution in [1.29, 1.82) is 0 Å². The zero-order valence-corrected chi connectivity index (χ0v) is 11.3. The van der Waals surface area contributed by atoms with Gasteiger partial charge in [-0.3, -0.25) is 0 Å². The van der Waals surface area contributed by atoms with Crippen LogP contribution in [0.4, 0.5) is 0 Å². The van der Waals surface area contributed by atoms with Crippen LogP contribution in [0.25, 0.3) is 0 Å². The van der Waals surface area contributed by atoms with Gasteiger partial charge in [-0.1, -0.05) is 6.92 Å². The first-order valence-electron chi connectivity index (χ1n) is 6.08. The Bertz CT molecular complexity index is 261. The number of furan rings is 1. The highest BCUT2D eigenvalue weighted by Crippen LogP contribution is 2.07. The van der Waals surface area contributed by atoms with Crippen molar-refractivity contribution in [2.45, 2.75) is 45.7 Å². The predicted molar refractivity (Wildman–Crippen MR) is 72.1 cm³/mol. The Kier molecular flexibility index (Phi) is 6.65. The molecule has 0 spiro atoms. The molecule has 2 atom stereocenters. The molecule has 0 aromatic carbocycles. The zero-order chi connectivity index (χ0) is 11.8. The molecular formula is C13H23NOS. The second-order valence-corrected chi connectivity index (χ2v) is 5.63. The molecule has 1 aromatic rings. The molecule has 1 rings (SSSR count). The van der Waals surface area contributed by atoms with Crippen LogP contribution in [0, 0.1) is 0 Å². The first-order chi connectivity index (χ1) is 7.72. The monoisotopic (exact) mass is 241 g/mol. The first-order valence-corrected chi connectivity index (χ1v) is 7.24. The highest BCUT2D eigenvalue weighted by molar-refractivity contribution is 7.99. The Morgan fingerprint density at radius 3 is 2.81 bits per heavy atom. The summed E-state index contributed by atoms with van der Waals surface area (Å²) in [7, 11) is 0. The maximum atomic E-state index is 5.34. The number of hydrogen-bond donors (Lipinski definition) is 1. The van der Waals surface area contributed by atoms with Crippen molar-refractivity contribution in [3.63, 3.8) is 0 Å². The number of nitrogens with one attached hydrogen (secondary N) is 1. The van der Waals surface area contributed by atoms with E-state index in [0.29, 0.717) is 12.1 Å². The van der Waals surface area contributed by atoms with Gasteiger partial charge in [-0.15, -0.1) is 0 Å². The van der Waals surface area contributed by atoms with Crippen LogP contribution in [-0.2, 0) is 6.42 Å². The number of thioether (sulfide) groups is 1. The Morgan fingerprint density at radius 1 is 1.38 bits per heavy atom. The van der Waals surface area contributed by atoms with Crippen molar-refractivity contribution < 1.29 is 4.42 Å². The molecule has 92 valence electrons. The van der Waals surface area contributed by atoms with Crippen molar-refractivity contribution in [3.8, 4) is 0 Å². The summed E-state index contributed by atoms with van der Waals surface area (Å²) >= 11 is 2.01. The van der Waals surface area contributed by atoms with Crippen LogP contribution < -0.4 is 5.32 Å². The van der Waals surface area contributed by atoms with E-state index < -0.39 is 0 Å². The lowest BCUT2D eigenvalue weighted by molar-refractivity contribution is 0.419. The van der Waals surface area contributed by atoms with Gasteiger partial charge in [0.2, 0.25) is 0 Å². The molecule has 0 saturated carbocycles. The molecule has 0 bridgehead atoms. The maximum Gasteiger partial charge on any atom is 0.105 e. The Hall–Kier alpha value is -0.410. The van der Waals surface area contributed by atoms with E-state index in [-0.39, 0.29) is 0 Å². The molecule has 2 nitrogen and oxygen atoms in total. The van der Waals surface area contributed by atoms with E-state index in [1.165, 1.54) is 17.9 Å². The molecule has 0 aliphatic heterocycles. The van der Waals surface area contributed by atoms with Gasteiger partial charge in [0.25, 0.3) is 0 Å². The van der Waals surface area contributed by atoms with E-state index in [1.54, 1.807) is 6.26 Å². The normalized spacial score (nSPS) is 14.9. The predicted octanol–water partition coefficient (Wildman–Crippen LogP) is 3.33. The van der Waals surface area contributed by atoms with Gasteiger partial charge in [-0.2, -0.15) is 11.8 Å². The van der Waals surface area contributed by atoms with Gasteiger partial charge in [0, 0.05) is 18.5 Å². The summed E-state index contributed by atoms with van der Waals surface area (Å²) in [6.07, 6.45) is 3.95. The molecule has 0 fully saturated rings. The van der Waals surface area contributed by atoms with Crippen molar-refractivity contribution in [2.24, 2.45) is 0 Å². The summed E-state index contributed by atoms with van der Waals surface area (Å²) in [6.45, 7) is 6.68. The van der Waals surface area contributed by atoms with Gasteiger partial charge in [-0.25, -0.2) is 0 Å². The minimum absolute atomic E-state index is 0.479. The van der Waals surface area contributed by atoms with Gasteiger partial charge in [0.05, 0.1) is 6.26 Å². The van der Waals surface area contributed by atoms with Crippen LogP contribution >= 0.6 is 11.8 Å². The van der Waals surface area contributed by atoms with E-state index in [4.69, 9.17) is 4.42 Å². The third-order valence-electron chi connectivity index (χ3n) is 2.56. The van der Waals surface area contributed by atoms with Gasteiger partial charge < -0.3 is 9.73 Å². The van der Waals surface area contributed by atoms with E-state index in [1.807, 2.05) is 23.9 Å². The zero-order valence-electron chi connectivity index (χ0n) is 10.5. The molecule has 0 aliphatic rings. The van der Waals surface area contributed by atoms with Crippen LogP contribution in [0.15, 0.2) is 22.8 Å². The fourth-order valence-electron chi connectivity index (χ4n) is 1.76. The SMILES string of the molecule is CCSCCC(C)NC(C)Cc1ccco1. The molecule has 1 heterocycles. The first kappa shape index (κ1) is 13.7. The van der Waals surface area contributed by atoms with Gasteiger partial charge >= 0.3 is 0 Å². The largest absolute Gasteiger partial charge is 0.469 e. The summed E-state index contributed by atoms with van der Waals surface area (Å²) < 4.78 is 5.34. The van der Waals surface area contributed by atoms with Crippen molar-refractivity contribution in [3.05, 3.63) is 24.2 Å². The summed E-state index contributed by atoms with van der Waals surface area (Å²) in [5.41, 5.74) is 0. The van der Waals surface area contributed by atoms with Crippen LogP contribution in [-0.4, -0.2) is 23.6 Å². The molecule has 0 radical (unpaired) electrons. The maximum absolute atomic E-state index is 5.34. The molecule has 1 N–H and O–H groups in total. The third kappa shape index (κ3) is 5.61. The lowest BCUT2D eigenvalue weighted by Crippen LogP contribution is -2.36. The molecule has 1 aromatic heterocycles. The summed E-state index contributed by atoms with van der Waals surface area (Å²) in [4.78, 5) is 0. The fourth-order valence-corrected chi connectivity index (χ4v) is 2.57. The lowest BCUT2D eigenvalue weighted by atomic mass is 10.1. The van der Waals surface area contributed by atoms with E-state index in [9.17, 15) is 0 Å². The van der Waals surface area contributed by atoms with Crippen LogP contribution in [0.2, 0.25) is 0 Å². The van der Waals surface area contributed by atoms with Crippen LogP contribution in [0.1, 0.15) is 33.0 Å². The highest BCUT2D eigenvalue weighted by Gasteiger charge is 2.09. The van der Waals surface area contributed by atoms with Gasteiger partial charge in [0.15, 0.2) is 0 Å². The molecule has 0 amide bonds. The molecule has 2 unspecified atom stereocenters. The third-order valence-corrected chi connectivity index (χ3v) is 3.49. The molecule has 16 heavy (non-hydrogen) atoms. The minimum atomic E-state index is 0.479. The fraction of sp³-hybridized carbons (Fsp3) is 0.692. The quantitative estimate of drug-likeness (QED) is 0.707. The van der Waals surface area contributed by atoms with Crippen molar-refractivity contribution >= 4 is 11.8 Å². The van der Waals surface area contributed by atoms with Crippen molar-refractivity contribution in [2.75, 3.05) is 11.5 Å². The van der Waals surface area contributed by atoms with Crippen molar-refractivity contribution in [1.82, 2.24) is 5.32 Å². The van der Waals surface area contributed by atoms with Crippen LogP contribution in [0.5, 0.6) is 0 Å². The summed E-state index contributed by atoms with van der Waals surface area (Å²) in [5, 5.41) is 3.60. The average molecular weight is 241 g/mol.